The van der Waals surface area contributed by atoms with Crippen molar-refractivity contribution in [1.82, 2.24) is 14.7 Å². The molecule has 1 fully saturated rings. The second kappa shape index (κ2) is 8.36. The van der Waals surface area contributed by atoms with Gasteiger partial charge in [-0.25, -0.2) is 4.68 Å². The lowest BCUT2D eigenvalue weighted by atomic mass is 10.2. The number of hydrogen-bond donors (Lipinski definition) is 1. The summed E-state index contributed by atoms with van der Waals surface area (Å²) in [5.74, 6) is 1.73. The maximum Gasteiger partial charge on any atom is 0.272 e. The van der Waals surface area contributed by atoms with Crippen molar-refractivity contribution >= 4 is 17.4 Å². The Bertz CT molecular complexity index is 1000. The molecule has 1 saturated heterocycles. The third kappa shape index (κ3) is 3.89. The fourth-order valence-corrected chi connectivity index (χ4v) is 3.62. The van der Waals surface area contributed by atoms with Gasteiger partial charge in [-0.15, -0.1) is 5.10 Å². The molecule has 8 nitrogen and oxygen atoms in total. The number of piperazine rings is 1. The summed E-state index contributed by atoms with van der Waals surface area (Å²) in [6.45, 7) is 2.60. The number of aromatic nitrogens is 2. The number of hydrogen-bond acceptors (Lipinski definition) is 6. The minimum absolute atomic E-state index is 0.0778. The number of amides is 1. The number of nitrogens with two attached hydrogens (primary N) is 1. The summed E-state index contributed by atoms with van der Waals surface area (Å²) in [7, 11) is 3.27. The molecule has 1 aliphatic heterocycles. The SMILES string of the molecule is COc1cc(OC)cc(N2CCN(C(=O)c3cc(N)nn3-c3ccccc3)CC2)c1. The molecule has 0 aliphatic carbocycles. The highest BCUT2D eigenvalue weighted by Crippen LogP contribution is 2.29. The third-order valence-electron chi connectivity index (χ3n) is 5.22. The lowest BCUT2D eigenvalue weighted by Gasteiger charge is -2.36. The molecule has 0 unspecified atom stereocenters. The van der Waals surface area contributed by atoms with Gasteiger partial charge in [-0.1, -0.05) is 18.2 Å². The summed E-state index contributed by atoms with van der Waals surface area (Å²) in [6.07, 6.45) is 0. The number of benzene rings is 2. The van der Waals surface area contributed by atoms with E-state index in [1.54, 1.807) is 25.0 Å². The van der Waals surface area contributed by atoms with Crippen LogP contribution in [0.1, 0.15) is 10.5 Å². The van der Waals surface area contributed by atoms with Gasteiger partial charge in [-0.2, -0.15) is 0 Å². The van der Waals surface area contributed by atoms with Crippen LogP contribution in [0.5, 0.6) is 11.5 Å². The summed E-state index contributed by atoms with van der Waals surface area (Å²) in [6, 6.07) is 17.0. The number of rotatable bonds is 5. The molecule has 0 saturated carbocycles. The second-order valence-electron chi connectivity index (χ2n) is 7.05. The predicted octanol–water partition coefficient (Wildman–Crippen LogP) is 2.43. The zero-order valence-corrected chi connectivity index (χ0v) is 17.1. The molecule has 3 aromatic rings. The van der Waals surface area contributed by atoms with Gasteiger partial charge < -0.3 is 25.0 Å². The fourth-order valence-electron chi connectivity index (χ4n) is 3.62. The molecule has 1 aliphatic rings. The molecular weight excluding hydrogens is 382 g/mol. The lowest BCUT2D eigenvalue weighted by molar-refractivity contribution is 0.0737. The summed E-state index contributed by atoms with van der Waals surface area (Å²) in [5.41, 5.74) is 8.19. The smallest absolute Gasteiger partial charge is 0.272 e. The van der Waals surface area contributed by atoms with Crippen LogP contribution in [0.25, 0.3) is 5.69 Å². The highest BCUT2D eigenvalue weighted by Gasteiger charge is 2.26. The van der Waals surface area contributed by atoms with Gasteiger partial charge in [0.25, 0.3) is 5.91 Å². The first kappa shape index (κ1) is 19.6. The van der Waals surface area contributed by atoms with Gasteiger partial charge in [0.15, 0.2) is 0 Å². The number of methoxy groups -OCH3 is 2. The molecule has 0 radical (unpaired) electrons. The quantitative estimate of drug-likeness (QED) is 0.699. The molecular formula is C22H25N5O3. The largest absolute Gasteiger partial charge is 0.497 e. The van der Waals surface area contributed by atoms with Gasteiger partial charge in [0.05, 0.1) is 19.9 Å². The van der Waals surface area contributed by atoms with E-state index in [1.165, 1.54) is 0 Å². The highest BCUT2D eigenvalue weighted by molar-refractivity contribution is 5.94. The standard InChI is InChI=1S/C22H25N5O3/c1-29-18-12-17(13-19(14-18)30-2)25-8-10-26(11-9-25)22(28)20-15-21(23)24-27(20)16-6-4-3-5-7-16/h3-7,12-15H,8-11H2,1-2H3,(H2,23,24). The van der Waals surface area contributed by atoms with E-state index >= 15 is 0 Å². The van der Waals surface area contributed by atoms with Gasteiger partial charge in [-0.05, 0) is 12.1 Å². The Morgan fingerprint density at radius 1 is 0.900 bits per heavy atom. The van der Waals surface area contributed by atoms with Crippen molar-refractivity contribution in [3.8, 4) is 17.2 Å². The summed E-state index contributed by atoms with van der Waals surface area (Å²) < 4.78 is 12.3. The monoisotopic (exact) mass is 407 g/mol. The molecule has 1 amide bonds. The van der Waals surface area contributed by atoms with Crippen LogP contribution >= 0.6 is 0 Å². The van der Waals surface area contributed by atoms with E-state index in [1.807, 2.05) is 53.4 Å². The fraction of sp³-hybridized carbons (Fsp3) is 0.273. The van der Waals surface area contributed by atoms with Crippen LogP contribution in [0, 0.1) is 0 Å². The first-order valence-electron chi connectivity index (χ1n) is 9.77. The minimum atomic E-state index is -0.0778. The zero-order chi connectivity index (χ0) is 21.1. The normalized spacial score (nSPS) is 13.9. The Labute approximate surface area is 175 Å². The van der Waals surface area contributed by atoms with Crippen LogP contribution in [-0.4, -0.2) is 61.0 Å². The second-order valence-corrected chi connectivity index (χ2v) is 7.05. The van der Waals surface area contributed by atoms with Crippen molar-refractivity contribution < 1.29 is 14.3 Å². The number of nitrogen functional groups attached to an aromatic ring is 1. The Kier molecular flexibility index (Phi) is 5.47. The van der Waals surface area contributed by atoms with E-state index in [2.05, 4.69) is 10.00 Å². The van der Waals surface area contributed by atoms with Gasteiger partial charge in [0.1, 0.15) is 23.0 Å². The molecule has 2 heterocycles. The third-order valence-corrected chi connectivity index (χ3v) is 5.22. The first-order chi connectivity index (χ1) is 14.6. The average Bonchev–Trinajstić information content (AvgIpc) is 3.20. The number of carbonyl (C=O) groups is 1. The van der Waals surface area contributed by atoms with Crippen molar-refractivity contribution in [3.63, 3.8) is 0 Å². The number of ether oxygens (including phenoxy) is 2. The van der Waals surface area contributed by atoms with Crippen molar-refractivity contribution in [1.29, 1.82) is 0 Å². The van der Waals surface area contributed by atoms with E-state index < -0.39 is 0 Å². The molecule has 156 valence electrons. The molecule has 0 spiro atoms. The molecule has 2 aromatic carbocycles. The Balaban J connectivity index is 1.50. The van der Waals surface area contributed by atoms with Crippen molar-refractivity contribution in [3.05, 3.63) is 60.3 Å². The zero-order valence-electron chi connectivity index (χ0n) is 17.1. The highest BCUT2D eigenvalue weighted by atomic mass is 16.5. The Hall–Kier alpha value is -3.68. The van der Waals surface area contributed by atoms with Crippen LogP contribution in [0.2, 0.25) is 0 Å². The lowest BCUT2D eigenvalue weighted by Crippen LogP contribution is -2.49. The van der Waals surface area contributed by atoms with E-state index in [4.69, 9.17) is 15.2 Å². The van der Waals surface area contributed by atoms with E-state index in [-0.39, 0.29) is 5.91 Å². The number of anilines is 2. The minimum Gasteiger partial charge on any atom is -0.497 e. The maximum absolute atomic E-state index is 13.2. The molecule has 4 rings (SSSR count). The summed E-state index contributed by atoms with van der Waals surface area (Å²) >= 11 is 0. The Morgan fingerprint density at radius 2 is 1.53 bits per heavy atom. The van der Waals surface area contributed by atoms with E-state index in [0.29, 0.717) is 37.7 Å². The van der Waals surface area contributed by atoms with Crippen LogP contribution in [0.15, 0.2) is 54.6 Å². The number of para-hydroxylation sites is 1. The van der Waals surface area contributed by atoms with Gasteiger partial charge in [0.2, 0.25) is 0 Å². The van der Waals surface area contributed by atoms with Gasteiger partial charge in [-0.3, -0.25) is 4.79 Å². The Morgan fingerprint density at radius 3 is 2.13 bits per heavy atom. The van der Waals surface area contributed by atoms with Crippen LogP contribution in [-0.2, 0) is 0 Å². The van der Waals surface area contributed by atoms with E-state index in [0.717, 1.165) is 22.9 Å². The average molecular weight is 407 g/mol. The summed E-state index contributed by atoms with van der Waals surface area (Å²) in [4.78, 5) is 17.3. The van der Waals surface area contributed by atoms with Crippen LogP contribution in [0.4, 0.5) is 11.5 Å². The molecule has 0 bridgehead atoms. The van der Waals surface area contributed by atoms with Gasteiger partial charge in [0, 0.05) is 56.1 Å². The first-order valence-corrected chi connectivity index (χ1v) is 9.77. The molecule has 8 heteroatoms. The van der Waals surface area contributed by atoms with Crippen molar-refractivity contribution in [2.45, 2.75) is 0 Å². The van der Waals surface area contributed by atoms with Gasteiger partial charge >= 0.3 is 0 Å². The molecule has 1 aromatic heterocycles. The van der Waals surface area contributed by atoms with Crippen molar-refractivity contribution in [2.75, 3.05) is 51.0 Å². The predicted molar refractivity (Wildman–Crippen MR) is 116 cm³/mol. The number of carbonyl (C=O) groups excluding carboxylic acids is 1. The van der Waals surface area contributed by atoms with Crippen molar-refractivity contribution in [2.24, 2.45) is 0 Å². The summed E-state index contributed by atoms with van der Waals surface area (Å²) in [5, 5.41) is 4.31. The molecule has 0 atom stereocenters. The van der Waals surface area contributed by atoms with Crippen LogP contribution < -0.4 is 20.1 Å². The molecule has 2 N–H and O–H groups in total. The molecule has 30 heavy (non-hydrogen) atoms. The topological polar surface area (TPSA) is 85.8 Å². The van der Waals surface area contributed by atoms with Crippen LogP contribution in [0.3, 0.4) is 0 Å². The maximum atomic E-state index is 13.2. The number of nitrogens with zero attached hydrogens (tertiary/aromatic N) is 4. The van der Waals surface area contributed by atoms with E-state index in [9.17, 15) is 4.79 Å².